The number of likely N-dealkylation sites (N-methyl/N-ethyl adjacent to an activating group) is 1. The number of nitrogens with two attached hydrogens (primary N) is 1. The molecule has 5 N–H and O–H groups in total. The lowest BCUT2D eigenvalue weighted by atomic mass is 10.6. The van der Waals surface area contributed by atoms with E-state index in [4.69, 9.17) is 9.85 Å². The molecular weight excluding hydrogens is 260 g/mol. The molecule has 0 aromatic carbocycles. The molecule has 0 aromatic rings. The van der Waals surface area contributed by atoms with Crippen LogP contribution in [-0.2, 0) is 4.12 Å². The van der Waals surface area contributed by atoms with Gasteiger partial charge in [0.25, 0.3) is 0 Å². The summed E-state index contributed by atoms with van der Waals surface area (Å²) in [6, 6.07) is 0. The van der Waals surface area contributed by atoms with E-state index in [0.717, 1.165) is 32.0 Å². The zero-order valence-electron chi connectivity index (χ0n) is 12.7. The van der Waals surface area contributed by atoms with Crippen LogP contribution < -0.4 is 21.7 Å². The molecular formula is C11H32N4OSi2. The fourth-order valence-electron chi connectivity index (χ4n) is 1.91. The Bertz CT molecular complexity index is 215. The molecule has 0 rings (SSSR count). The Labute approximate surface area is 115 Å². The maximum Gasteiger partial charge on any atom is 0.187 e. The van der Waals surface area contributed by atoms with Crippen molar-refractivity contribution in [2.45, 2.75) is 26.2 Å². The van der Waals surface area contributed by atoms with Gasteiger partial charge in [0, 0.05) is 38.5 Å². The monoisotopic (exact) mass is 292 g/mol. The first-order valence-electron chi connectivity index (χ1n) is 6.79. The molecule has 7 heteroatoms. The largest absolute Gasteiger partial charge is 0.454 e. The third-order valence-electron chi connectivity index (χ3n) is 2.53. The predicted molar refractivity (Wildman–Crippen MR) is 84.8 cm³/mol. The summed E-state index contributed by atoms with van der Waals surface area (Å²) >= 11 is 0. The van der Waals surface area contributed by atoms with Crippen molar-refractivity contribution in [3.63, 3.8) is 0 Å². The molecule has 0 aromatic heterocycles. The van der Waals surface area contributed by atoms with E-state index in [0.29, 0.717) is 6.54 Å². The maximum atomic E-state index is 6.44. The molecule has 0 heterocycles. The average Bonchev–Trinajstić information content (AvgIpc) is 2.23. The second-order valence-electron chi connectivity index (χ2n) is 5.87. The number of rotatable bonds is 11. The molecule has 0 unspecified atom stereocenters. The molecule has 0 saturated heterocycles. The van der Waals surface area contributed by atoms with Gasteiger partial charge in [0.1, 0.15) is 0 Å². The van der Waals surface area contributed by atoms with Crippen molar-refractivity contribution in [2.24, 2.45) is 5.73 Å². The van der Waals surface area contributed by atoms with E-state index < -0.39 is 16.6 Å². The van der Waals surface area contributed by atoms with Gasteiger partial charge in [-0.05, 0) is 33.2 Å². The highest BCUT2D eigenvalue weighted by molar-refractivity contribution is 6.85. The van der Waals surface area contributed by atoms with Crippen molar-refractivity contribution in [1.29, 1.82) is 0 Å². The van der Waals surface area contributed by atoms with Crippen LogP contribution in [0.25, 0.3) is 0 Å². The molecule has 5 nitrogen and oxygen atoms in total. The third-order valence-corrected chi connectivity index (χ3v) is 9.15. The second-order valence-corrected chi connectivity index (χ2v) is 14.4. The van der Waals surface area contributed by atoms with E-state index in [1.807, 2.05) is 7.05 Å². The van der Waals surface area contributed by atoms with Crippen LogP contribution in [0, 0.1) is 0 Å². The quantitative estimate of drug-likeness (QED) is 0.315. The van der Waals surface area contributed by atoms with Crippen molar-refractivity contribution >= 4 is 16.6 Å². The minimum atomic E-state index is -1.61. The van der Waals surface area contributed by atoms with E-state index in [1.165, 1.54) is 0 Å². The van der Waals surface area contributed by atoms with Gasteiger partial charge in [-0.1, -0.05) is 0 Å². The third kappa shape index (κ3) is 10.2. The Morgan fingerprint density at radius 1 is 0.889 bits per heavy atom. The van der Waals surface area contributed by atoms with E-state index in [2.05, 4.69) is 42.1 Å². The van der Waals surface area contributed by atoms with Crippen molar-refractivity contribution in [2.75, 3.05) is 45.6 Å². The second kappa shape index (κ2) is 9.19. The summed E-state index contributed by atoms with van der Waals surface area (Å²) in [5, 5.41) is 9.99. The molecule has 0 bridgehead atoms. The van der Waals surface area contributed by atoms with Gasteiger partial charge in [0.2, 0.25) is 0 Å². The van der Waals surface area contributed by atoms with Gasteiger partial charge in [0.15, 0.2) is 16.6 Å². The minimum Gasteiger partial charge on any atom is -0.454 e. The van der Waals surface area contributed by atoms with Crippen molar-refractivity contribution < 1.29 is 4.12 Å². The van der Waals surface area contributed by atoms with Gasteiger partial charge in [-0.2, -0.15) is 0 Å². The Morgan fingerprint density at radius 3 is 1.83 bits per heavy atom. The maximum absolute atomic E-state index is 6.44. The lowest BCUT2D eigenvalue weighted by Gasteiger charge is -2.34. The summed E-state index contributed by atoms with van der Waals surface area (Å²) in [4.78, 5) is 0. The molecule has 0 aliphatic rings. The summed E-state index contributed by atoms with van der Waals surface area (Å²) in [5.74, 6) is 0. The molecule has 110 valence electrons. The van der Waals surface area contributed by atoms with Crippen molar-refractivity contribution in [3.05, 3.63) is 0 Å². The van der Waals surface area contributed by atoms with Crippen LogP contribution in [0.2, 0.25) is 26.2 Å². The van der Waals surface area contributed by atoms with Gasteiger partial charge in [-0.15, -0.1) is 0 Å². The Hall–Kier alpha value is 0.234. The van der Waals surface area contributed by atoms with Gasteiger partial charge < -0.3 is 25.8 Å². The SMILES string of the molecule is CNCCNC[Si](C)(C)O[Si](C)(C)CNCCN. The van der Waals surface area contributed by atoms with Crippen LogP contribution in [0.4, 0.5) is 0 Å². The van der Waals surface area contributed by atoms with Crippen LogP contribution in [-0.4, -0.2) is 62.2 Å². The molecule has 0 saturated carbocycles. The zero-order valence-corrected chi connectivity index (χ0v) is 14.7. The predicted octanol–water partition coefficient (Wildman–Crippen LogP) is -0.151. The summed E-state index contributed by atoms with van der Waals surface area (Å²) in [5.41, 5.74) is 5.48. The molecule has 0 fully saturated rings. The number of hydrogen-bond donors (Lipinski definition) is 4. The van der Waals surface area contributed by atoms with Crippen molar-refractivity contribution in [1.82, 2.24) is 16.0 Å². The first kappa shape index (κ1) is 18.2. The first-order chi connectivity index (χ1) is 8.33. The Kier molecular flexibility index (Phi) is 9.31. The Morgan fingerprint density at radius 2 is 1.39 bits per heavy atom. The number of hydrogen-bond acceptors (Lipinski definition) is 5. The molecule has 0 radical (unpaired) electrons. The molecule has 0 aliphatic carbocycles. The van der Waals surface area contributed by atoms with Gasteiger partial charge in [-0.3, -0.25) is 0 Å². The van der Waals surface area contributed by atoms with Gasteiger partial charge in [-0.25, -0.2) is 0 Å². The molecule has 18 heavy (non-hydrogen) atoms. The van der Waals surface area contributed by atoms with Crippen LogP contribution in [0.1, 0.15) is 0 Å². The minimum absolute atomic E-state index is 0.691. The van der Waals surface area contributed by atoms with Crippen LogP contribution in [0.3, 0.4) is 0 Å². The van der Waals surface area contributed by atoms with E-state index in [9.17, 15) is 0 Å². The Balaban J connectivity index is 3.95. The average molecular weight is 293 g/mol. The van der Waals surface area contributed by atoms with E-state index >= 15 is 0 Å². The van der Waals surface area contributed by atoms with Gasteiger partial charge in [0.05, 0.1) is 0 Å². The number of nitrogens with one attached hydrogen (secondary N) is 3. The summed E-state index contributed by atoms with van der Waals surface area (Å²) in [6.45, 7) is 12.7. The molecule has 0 spiro atoms. The first-order valence-corrected chi connectivity index (χ1v) is 13.0. The summed E-state index contributed by atoms with van der Waals surface area (Å²) < 4.78 is 6.44. The summed E-state index contributed by atoms with van der Waals surface area (Å²) in [7, 11) is -1.23. The molecule has 0 amide bonds. The normalized spacial score (nSPS) is 13.0. The van der Waals surface area contributed by atoms with Gasteiger partial charge >= 0.3 is 0 Å². The molecule has 0 aliphatic heterocycles. The summed E-state index contributed by atoms with van der Waals surface area (Å²) in [6.07, 6.45) is 2.00. The van der Waals surface area contributed by atoms with Crippen LogP contribution in [0.5, 0.6) is 0 Å². The van der Waals surface area contributed by atoms with E-state index in [1.54, 1.807) is 0 Å². The van der Waals surface area contributed by atoms with E-state index in [-0.39, 0.29) is 0 Å². The van der Waals surface area contributed by atoms with Crippen molar-refractivity contribution in [3.8, 4) is 0 Å². The lowest BCUT2D eigenvalue weighted by molar-refractivity contribution is 0.518. The standard InChI is InChI=1S/C11H32N4OSi2/c1-13-8-9-15-11-18(4,5)16-17(2,3)10-14-7-6-12/h13-15H,6-12H2,1-5H3. The smallest absolute Gasteiger partial charge is 0.187 e. The molecule has 0 atom stereocenters. The van der Waals surface area contributed by atoms with Crippen LogP contribution >= 0.6 is 0 Å². The fourth-order valence-corrected chi connectivity index (χ4v) is 10.0. The highest BCUT2D eigenvalue weighted by Crippen LogP contribution is 2.12. The van der Waals surface area contributed by atoms with Crippen LogP contribution in [0.15, 0.2) is 0 Å². The fraction of sp³-hybridized carbons (Fsp3) is 1.00. The highest BCUT2D eigenvalue weighted by Gasteiger charge is 2.32. The zero-order chi connectivity index (χ0) is 14.1. The highest BCUT2D eigenvalue weighted by atomic mass is 28.4. The lowest BCUT2D eigenvalue weighted by Crippen LogP contribution is -2.55. The topological polar surface area (TPSA) is 71.3 Å².